The number of hydrogen-bond acceptors (Lipinski definition) is 4. The van der Waals surface area contributed by atoms with Crippen LogP contribution in [0.4, 0.5) is 5.69 Å². The van der Waals surface area contributed by atoms with E-state index in [1.165, 1.54) is 0 Å². The summed E-state index contributed by atoms with van der Waals surface area (Å²) in [7, 11) is 3.14. The van der Waals surface area contributed by atoms with Gasteiger partial charge in [0.1, 0.15) is 0 Å². The Morgan fingerprint density at radius 2 is 1.57 bits per heavy atom. The van der Waals surface area contributed by atoms with Gasteiger partial charge in [0.05, 0.1) is 14.2 Å². The van der Waals surface area contributed by atoms with Crippen LogP contribution < -0.4 is 20.1 Å². The SMILES string of the molecule is C=CCC(CC=C)(CNC(=O)C(=O)Nc1ccccc1)c1ccc(OC)c(OC)c1. The van der Waals surface area contributed by atoms with E-state index in [1.54, 1.807) is 50.6 Å². The van der Waals surface area contributed by atoms with Crippen LogP contribution in [0.3, 0.4) is 0 Å². The van der Waals surface area contributed by atoms with E-state index in [1.807, 2.05) is 24.3 Å². The molecule has 0 spiro atoms. The number of ether oxygens (including phenoxy) is 2. The van der Waals surface area contributed by atoms with Gasteiger partial charge < -0.3 is 20.1 Å². The minimum absolute atomic E-state index is 0.224. The number of nitrogens with one attached hydrogen (secondary N) is 2. The number of carbonyl (C=O) groups excluding carboxylic acids is 2. The molecule has 0 saturated heterocycles. The molecule has 30 heavy (non-hydrogen) atoms. The highest BCUT2D eigenvalue weighted by Crippen LogP contribution is 2.37. The van der Waals surface area contributed by atoms with Gasteiger partial charge in [0.15, 0.2) is 11.5 Å². The minimum atomic E-state index is -0.723. The fourth-order valence-corrected chi connectivity index (χ4v) is 3.32. The molecule has 0 radical (unpaired) electrons. The van der Waals surface area contributed by atoms with Gasteiger partial charge in [-0.05, 0) is 42.7 Å². The molecule has 0 saturated carbocycles. The highest BCUT2D eigenvalue weighted by molar-refractivity contribution is 6.39. The molecule has 2 N–H and O–H groups in total. The first-order valence-corrected chi connectivity index (χ1v) is 9.58. The number of para-hydroxylation sites is 1. The highest BCUT2D eigenvalue weighted by atomic mass is 16.5. The minimum Gasteiger partial charge on any atom is -0.493 e. The van der Waals surface area contributed by atoms with Crippen LogP contribution in [0, 0.1) is 0 Å². The van der Waals surface area contributed by atoms with Crippen LogP contribution in [-0.2, 0) is 15.0 Å². The molecule has 0 heterocycles. The molecule has 0 fully saturated rings. The number of amides is 2. The van der Waals surface area contributed by atoms with Crippen molar-refractivity contribution in [3.8, 4) is 11.5 Å². The van der Waals surface area contributed by atoms with Crippen LogP contribution in [0.2, 0.25) is 0 Å². The van der Waals surface area contributed by atoms with Gasteiger partial charge in [-0.15, -0.1) is 13.2 Å². The fourth-order valence-electron chi connectivity index (χ4n) is 3.32. The second kappa shape index (κ2) is 10.9. The van der Waals surface area contributed by atoms with E-state index in [9.17, 15) is 9.59 Å². The summed E-state index contributed by atoms with van der Waals surface area (Å²) < 4.78 is 10.8. The molecule has 0 aliphatic heterocycles. The van der Waals surface area contributed by atoms with Crippen molar-refractivity contribution in [3.05, 3.63) is 79.4 Å². The van der Waals surface area contributed by atoms with Crippen LogP contribution in [0.5, 0.6) is 11.5 Å². The van der Waals surface area contributed by atoms with Gasteiger partial charge in [0, 0.05) is 17.6 Å². The zero-order valence-corrected chi connectivity index (χ0v) is 17.4. The standard InChI is InChI=1S/C24H28N2O4/c1-5-14-24(15-6-2,18-12-13-20(29-3)21(16-18)30-4)17-25-22(27)23(28)26-19-10-8-7-9-11-19/h5-13,16H,1-2,14-15,17H2,3-4H3,(H,25,27)(H,26,28). The average Bonchev–Trinajstić information content (AvgIpc) is 2.77. The van der Waals surface area contributed by atoms with Crippen molar-refractivity contribution in [2.24, 2.45) is 0 Å². The van der Waals surface area contributed by atoms with Crippen molar-refractivity contribution in [1.29, 1.82) is 0 Å². The van der Waals surface area contributed by atoms with Crippen LogP contribution in [0.1, 0.15) is 18.4 Å². The third-order valence-corrected chi connectivity index (χ3v) is 4.89. The van der Waals surface area contributed by atoms with Crippen LogP contribution in [-0.4, -0.2) is 32.6 Å². The molecule has 0 atom stereocenters. The lowest BCUT2D eigenvalue weighted by Gasteiger charge is -2.33. The van der Waals surface area contributed by atoms with E-state index in [0.717, 1.165) is 5.56 Å². The third-order valence-electron chi connectivity index (χ3n) is 4.89. The lowest BCUT2D eigenvalue weighted by molar-refractivity contribution is -0.136. The lowest BCUT2D eigenvalue weighted by Crippen LogP contribution is -2.44. The molecule has 2 amide bonds. The molecule has 0 unspecified atom stereocenters. The second-order valence-electron chi connectivity index (χ2n) is 6.84. The van der Waals surface area contributed by atoms with E-state index in [-0.39, 0.29) is 6.54 Å². The fraction of sp³-hybridized carbons (Fsp3) is 0.250. The molecule has 0 bridgehead atoms. The van der Waals surface area contributed by atoms with E-state index in [4.69, 9.17) is 9.47 Å². The number of hydrogen-bond donors (Lipinski definition) is 2. The number of rotatable bonds is 10. The molecule has 6 heteroatoms. The van der Waals surface area contributed by atoms with Crippen molar-refractivity contribution in [1.82, 2.24) is 5.32 Å². The first kappa shape index (κ1) is 22.7. The molecule has 0 aliphatic rings. The van der Waals surface area contributed by atoms with Crippen molar-refractivity contribution in [2.45, 2.75) is 18.3 Å². The number of methoxy groups -OCH3 is 2. The Labute approximate surface area is 177 Å². The smallest absolute Gasteiger partial charge is 0.313 e. The normalized spacial score (nSPS) is 10.6. The van der Waals surface area contributed by atoms with E-state index < -0.39 is 17.2 Å². The number of benzene rings is 2. The van der Waals surface area contributed by atoms with Crippen molar-refractivity contribution >= 4 is 17.5 Å². The summed E-state index contributed by atoms with van der Waals surface area (Å²) in [5, 5.41) is 5.35. The van der Waals surface area contributed by atoms with E-state index in [0.29, 0.717) is 30.0 Å². The number of carbonyl (C=O) groups is 2. The molecular formula is C24H28N2O4. The molecule has 2 aromatic rings. The maximum atomic E-state index is 12.4. The first-order chi connectivity index (χ1) is 14.5. The summed E-state index contributed by atoms with van der Waals surface area (Å²) in [6, 6.07) is 14.4. The van der Waals surface area contributed by atoms with Gasteiger partial charge in [-0.2, -0.15) is 0 Å². The van der Waals surface area contributed by atoms with Crippen molar-refractivity contribution in [3.63, 3.8) is 0 Å². The van der Waals surface area contributed by atoms with Gasteiger partial charge >= 0.3 is 11.8 Å². The van der Waals surface area contributed by atoms with E-state index >= 15 is 0 Å². The number of anilines is 1. The van der Waals surface area contributed by atoms with Crippen LogP contribution in [0.15, 0.2) is 73.8 Å². The molecule has 0 aliphatic carbocycles. The Bertz CT molecular complexity index is 883. The molecule has 2 rings (SSSR count). The Balaban J connectivity index is 2.24. The Morgan fingerprint density at radius 3 is 2.13 bits per heavy atom. The predicted octanol–water partition coefficient (Wildman–Crippen LogP) is 3.85. The average molecular weight is 408 g/mol. The zero-order valence-electron chi connectivity index (χ0n) is 17.4. The monoisotopic (exact) mass is 408 g/mol. The quantitative estimate of drug-likeness (QED) is 0.462. The lowest BCUT2D eigenvalue weighted by atomic mass is 9.74. The van der Waals surface area contributed by atoms with Crippen LogP contribution >= 0.6 is 0 Å². The third kappa shape index (κ3) is 5.50. The molecule has 158 valence electrons. The van der Waals surface area contributed by atoms with Crippen molar-refractivity contribution in [2.75, 3.05) is 26.1 Å². The topological polar surface area (TPSA) is 76.7 Å². The Hall–Kier alpha value is -3.54. The second-order valence-corrected chi connectivity index (χ2v) is 6.84. The van der Waals surface area contributed by atoms with Gasteiger partial charge in [0.25, 0.3) is 0 Å². The maximum Gasteiger partial charge on any atom is 0.313 e. The summed E-state index contributed by atoms with van der Waals surface area (Å²) >= 11 is 0. The van der Waals surface area contributed by atoms with Gasteiger partial charge in [-0.3, -0.25) is 9.59 Å². The summed E-state index contributed by atoms with van der Waals surface area (Å²) in [6.45, 7) is 7.95. The summed E-state index contributed by atoms with van der Waals surface area (Å²) in [5.74, 6) is -0.240. The molecule has 0 aromatic heterocycles. The maximum absolute atomic E-state index is 12.4. The van der Waals surface area contributed by atoms with Crippen molar-refractivity contribution < 1.29 is 19.1 Å². The summed E-state index contributed by atoms with van der Waals surface area (Å²) in [5.41, 5.74) is 0.941. The van der Waals surface area contributed by atoms with Gasteiger partial charge in [-0.1, -0.05) is 36.4 Å². The number of allylic oxidation sites excluding steroid dienone is 2. The van der Waals surface area contributed by atoms with Gasteiger partial charge in [0.2, 0.25) is 0 Å². The Kier molecular flexibility index (Phi) is 8.23. The van der Waals surface area contributed by atoms with Crippen LogP contribution in [0.25, 0.3) is 0 Å². The summed E-state index contributed by atoms with van der Waals surface area (Å²) in [6.07, 6.45) is 4.71. The largest absolute Gasteiger partial charge is 0.493 e. The van der Waals surface area contributed by atoms with Gasteiger partial charge in [-0.25, -0.2) is 0 Å². The van der Waals surface area contributed by atoms with E-state index in [2.05, 4.69) is 23.8 Å². The first-order valence-electron chi connectivity index (χ1n) is 9.58. The highest BCUT2D eigenvalue weighted by Gasteiger charge is 2.32. The zero-order chi connectivity index (χ0) is 22.0. The molecule has 6 nitrogen and oxygen atoms in total. The Morgan fingerprint density at radius 1 is 0.933 bits per heavy atom. The summed E-state index contributed by atoms with van der Waals surface area (Å²) in [4.78, 5) is 24.7. The predicted molar refractivity (Wildman–Crippen MR) is 119 cm³/mol. The molecular weight excluding hydrogens is 380 g/mol. The molecule has 2 aromatic carbocycles.